The number of hydrogen-bond donors (Lipinski definition) is 1. The molecule has 0 aliphatic heterocycles. The number of nitrogens with one attached hydrogen (secondary N) is 1. The number of amides is 1. The average Bonchev–Trinajstić information content (AvgIpc) is 3.18. The summed E-state index contributed by atoms with van der Waals surface area (Å²) in [6, 6.07) is 9.01. The first-order valence-electron chi connectivity index (χ1n) is 10.7. The van der Waals surface area contributed by atoms with Gasteiger partial charge in [-0.25, -0.2) is 4.98 Å². The van der Waals surface area contributed by atoms with Gasteiger partial charge in [-0.3, -0.25) is 4.79 Å². The van der Waals surface area contributed by atoms with E-state index < -0.39 is 0 Å². The van der Waals surface area contributed by atoms with Gasteiger partial charge in [0.2, 0.25) is 5.75 Å². The molecule has 7 nitrogen and oxygen atoms in total. The fourth-order valence-electron chi connectivity index (χ4n) is 3.16. The highest BCUT2D eigenvalue weighted by Crippen LogP contribution is 2.39. The highest BCUT2D eigenvalue weighted by atomic mass is 16.5. The van der Waals surface area contributed by atoms with Crippen molar-refractivity contribution in [3.05, 3.63) is 47.3 Å². The summed E-state index contributed by atoms with van der Waals surface area (Å²) >= 11 is 0. The quantitative estimate of drug-likeness (QED) is 0.487. The van der Waals surface area contributed by atoms with E-state index in [-0.39, 0.29) is 11.8 Å². The molecule has 0 radical (unpaired) electrons. The van der Waals surface area contributed by atoms with Gasteiger partial charge in [-0.15, -0.1) is 0 Å². The predicted molar refractivity (Wildman–Crippen MR) is 119 cm³/mol. The predicted octanol–water partition coefficient (Wildman–Crippen LogP) is 5.08. The molecule has 1 amide bonds. The SMILES string of the molecule is CCOc1cc(CNC(=O)c2ccc3nc(C(C)C)oc3c2)cc(OCC)c1OCC. The molecule has 1 heterocycles. The van der Waals surface area contributed by atoms with Crippen molar-refractivity contribution in [2.45, 2.75) is 47.1 Å². The van der Waals surface area contributed by atoms with Crippen molar-refractivity contribution in [2.24, 2.45) is 0 Å². The van der Waals surface area contributed by atoms with Gasteiger partial charge >= 0.3 is 0 Å². The van der Waals surface area contributed by atoms with E-state index in [9.17, 15) is 4.79 Å². The minimum Gasteiger partial charge on any atom is -0.490 e. The number of oxazole rings is 1. The number of nitrogens with zero attached hydrogens (tertiary/aromatic N) is 1. The number of aromatic nitrogens is 1. The molecule has 0 atom stereocenters. The lowest BCUT2D eigenvalue weighted by molar-refractivity contribution is 0.0950. The van der Waals surface area contributed by atoms with Crippen LogP contribution in [0.3, 0.4) is 0 Å². The lowest BCUT2D eigenvalue weighted by Gasteiger charge is -2.17. The summed E-state index contributed by atoms with van der Waals surface area (Å²) in [6.45, 7) is 11.6. The van der Waals surface area contributed by atoms with E-state index in [1.54, 1.807) is 18.2 Å². The topological polar surface area (TPSA) is 82.8 Å². The minimum absolute atomic E-state index is 0.184. The van der Waals surface area contributed by atoms with Gasteiger partial charge in [0.25, 0.3) is 5.91 Å². The van der Waals surface area contributed by atoms with Crippen LogP contribution in [0.25, 0.3) is 11.1 Å². The molecule has 0 fully saturated rings. The standard InChI is InChI=1S/C24H30N2O5/c1-6-28-20-11-16(12-21(29-7-2)22(20)30-8-3)14-25-23(27)17-9-10-18-19(13-17)31-24(26-18)15(4)5/h9-13,15H,6-8,14H2,1-5H3,(H,25,27). The highest BCUT2D eigenvalue weighted by molar-refractivity contribution is 5.97. The average molecular weight is 427 g/mol. The van der Waals surface area contributed by atoms with Crippen molar-refractivity contribution in [3.8, 4) is 17.2 Å². The maximum Gasteiger partial charge on any atom is 0.251 e. The largest absolute Gasteiger partial charge is 0.490 e. The first-order valence-corrected chi connectivity index (χ1v) is 10.7. The normalized spacial score (nSPS) is 11.0. The maximum absolute atomic E-state index is 12.7. The minimum atomic E-state index is -0.200. The van der Waals surface area contributed by atoms with Gasteiger partial charge in [-0.2, -0.15) is 0 Å². The lowest BCUT2D eigenvalue weighted by atomic mass is 10.1. The van der Waals surface area contributed by atoms with Crippen LogP contribution < -0.4 is 19.5 Å². The van der Waals surface area contributed by atoms with Gasteiger partial charge in [0.05, 0.1) is 19.8 Å². The van der Waals surface area contributed by atoms with Crippen LogP contribution in [0, 0.1) is 0 Å². The van der Waals surface area contributed by atoms with Gasteiger partial charge in [-0.1, -0.05) is 13.8 Å². The van der Waals surface area contributed by atoms with E-state index in [4.69, 9.17) is 18.6 Å². The molecule has 0 saturated carbocycles. The molecule has 0 aliphatic carbocycles. The number of fused-ring (bicyclic) bond motifs is 1. The number of rotatable bonds is 10. The van der Waals surface area contributed by atoms with Gasteiger partial charge in [-0.05, 0) is 56.7 Å². The highest BCUT2D eigenvalue weighted by Gasteiger charge is 2.16. The molecule has 31 heavy (non-hydrogen) atoms. The Balaban J connectivity index is 1.79. The Morgan fingerprint density at radius 2 is 1.65 bits per heavy atom. The summed E-state index contributed by atoms with van der Waals surface area (Å²) < 4.78 is 23.0. The molecule has 0 spiro atoms. The molecule has 1 aromatic heterocycles. The zero-order chi connectivity index (χ0) is 22.4. The number of carbonyl (C=O) groups is 1. The van der Waals surface area contributed by atoms with Crippen LogP contribution >= 0.6 is 0 Å². The third kappa shape index (κ3) is 5.29. The monoisotopic (exact) mass is 426 g/mol. The Bertz CT molecular complexity index is 1010. The molecule has 166 valence electrons. The summed E-state index contributed by atoms with van der Waals surface area (Å²) in [5.74, 6) is 2.43. The third-order valence-corrected chi connectivity index (χ3v) is 4.58. The fraction of sp³-hybridized carbons (Fsp3) is 0.417. The number of hydrogen-bond acceptors (Lipinski definition) is 6. The number of carbonyl (C=O) groups excluding carboxylic acids is 1. The molecule has 3 rings (SSSR count). The lowest BCUT2D eigenvalue weighted by Crippen LogP contribution is -2.22. The molecule has 1 N–H and O–H groups in total. The van der Waals surface area contributed by atoms with Gasteiger partial charge < -0.3 is 23.9 Å². The van der Waals surface area contributed by atoms with Crippen molar-refractivity contribution in [3.63, 3.8) is 0 Å². The molecule has 0 aliphatic rings. The van der Waals surface area contributed by atoms with Crippen LogP contribution in [0.5, 0.6) is 17.2 Å². The molecule has 0 saturated heterocycles. The van der Waals surface area contributed by atoms with E-state index in [1.807, 2.05) is 46.8 Å². The first-order chi connectivity index (χ1) is 15.0. The van der Waals surface area contributed by atoms with Crippen molar-refractivity contribution >= 4 is 17.0 Å². The molecule has 7 heteroatoms. The van der Waals surface area contributed by atoms with E-state index in [2.05, 4.69) is 10.3 Å². The maximum atomic E-state index is 12.7. The summed E-state index contributed by atoms with van der Waals surface area (Å²) in [7, 11) is 0. The van der Waals surface area contributed by atoms with Crippen LogP contribution in [0.15, 0.2) is 34.7 Å². The van der Waals surface area contributed by atoms with Crippen molar-refractivity contribution in [2.75, 3.05) is 19.8 Å². The van der Waals surface area contributed by atoms with Gasteiger partial charge in [0.15, 0.2) is 23.0 Å². The molecule has 0 unspecified atom stereocenters. The van der Waals surface area contributed by atoms with Crippen LogP contribution in [0.1, 0.15) is 62.3 Å². The zero-order valence-corrected chi connectivity index (χ0v) is 18.8. The smallest absolute Gasteiger partial charge is 0.251 e. The Morgan fingerprint density at radius 3 is 2.23 bits per heavy atom. The Labute approximate surface area is 182 Å². The molecule has 0 bridgehead atoms. The molecular weight excluding hydrogens is 396 g/mol. The summed E-state index contributed by atoms with van der Waals surface area (Å²) in [5, 5.41) is 2.95. The van der Waals surface area contributed by atoms with Crippen molar-refractivity contribution in [1.29, 1.82) is 0 Å². The van der Waals surface area contributed by atoms with E-state index in [0.29, 0.717) is 60.7 Å². The molecular formula is C24H30N2O5. The van der Waals surface area contributed by atoms with Crippen LogP contribution in [-0.2, 0) is 6.54 Å². The second-order valence-electron chi connectivity index (χ2n) is 7.29. The fourth-order valence-corrected chi connectivity index (χ4v) is 3.16. The molecule has 2 aromatic carbocycles. The Hall–Kier alpha value is -3.22. The Morgan fingerprint density at radius 1 is 1.00 bits per heavy atom. The zero-order valence-electron chi connectivity index (χ0n) is 18.8. The summed E-state index contributed by atoms with van der Waals surface area (Å²) in [6.07, 6.45) is 0. The van der Waals surface area contributed by atoms with E-state index >= 15 is 0 Å². The molecule has 3 aromatic rings. The van der Waals surface area contributed by atoms with Crippen LogP contribution in [0.4, 0.5) is 0 Å². The first kappa shape index (κ1) is 22.5. The summed E-state index contributed by atoms with van der Waals surface area (Å²) in [4.78, 5) is 17.2. The summed E-state index contributed by atoms with van der Waals surface area (Å²) in [5.41, 5.74) is 2.72. The van der Waals surface area contributed by atoms with Gasteiger partial charge in [0, 0.05) is 18.0 Å². The second-order valence-corrected chi connectivity index (χ2v) is 7.29. The van der Waals surface area contributed by atoms with Crippen LogP contribution in [-0.4, -0.2) is 30.7 Å². The van der Waals surface area contributed by atoms with E-state index in [0.717, 1.165) is 11.1 Å². The Kier molecular flexibility index (Phi) is 7.39. The second kappa shape index (κ2) is 10.2. The number of ether oxygens (including phenoxy) is 3. The van der Waals surface area contributed by atoms with Gasteiger partial charge in [0.1, 0.15) is 5.52 Å². The van der Waals surface area contributed by atoms with Crippen molar-refractivity contribution in [1.82, 2.24) is 10.3 Å². The number of benzene rings is 2. The van der Waals surface area contributed by atoms with Crippen molar-refractivity contribution < 1.29 is 23.4 Å². The third-order valence-electron chi connectivity index (χ3n) is 4.58. The van der Waals surface area contributed by atoms with E-state index in [1.165, 1.54) is 0 Å². The van der Waals surface area contributed by atoms with Crippen LogP contribution in [0.2, 0.25) is 0 Å².